The summed E-state index contributed by atoms with van der Waals surface area (Å²) in [6.45, 7) is 2.53. The number of nitrogens with zero attached hydrogens (tertiary/aromatic N) is 2. The number of aromatic nitrogens is 1. The summed E-state index contributed by atoms with van der Waals surface area (Å²) in [6, 6.07) is 0. The lowest BCUT2D eigenvalue weighted by Crippen LogP contribution is -2.17. The summed E-state index contributed by atoms with van der Waals surface area (Å²) in [7, 11) is 1.72. The summed E-state index contributed by atoms with van der Waals surface area (Å²) in [5.41, 5.74) is 0.977. The fourth-order valence-electron chi connectivity index (χ4n) is 1.22. The number of carbonyl (C=O) groups is 1. The van der Waals surface area contributed by atoms with Crippen molar-refractivity contribution in [1.29, 1.82) is 0 Å². The smallest absolute Gasteiger partial charge is 0.410 e. The Morgan fingerprint density at radius 2 is 2.54 bits per heavy atom. The Labute approximate surface area is 80.1 Å². The third-order valence-corrected chi connectivity index (χ3v) is 2.96. The maximum absolute atomic E-state index is 11.0. The summed E-state index contributed by atoms with van der Waals surface area (Å²) in [5.74, 6) is 0. The zero-order valence-corrected chi connectivity index (χ0v) is 8.30. The molecule has 1 fully saturated rings. The van der Waals surface area contributed by atoms with Gasteiger partial charge in [-0.15, -0.1) is 11.3 Å². The number of hydrogen-bond acceptors (Lipinski definition) is 4. The normalized spacial score (nSPS) is 22.2. The monoisotopic (exact) mass is 198 g/mol. The molecule has 5 heteroatoms. The van der Waals surface area contributed by atoms with Gasteiger partial charge in [-0.3, -0.25) is 0 Å². The minimum absolute atomic E-state index is 0.170. The number of hydrogen-bond donors (Lipinski definition) is 0. The lowest BCUT2D eigenvalue weighted by atomic mass is 10.4. The maximum Gasteiger partial charge on any atom is 0.410 e. The molecule has 1 unspecified atom stereocenters. The number of carbonyl (C=O) groups excluding carboxylic acids is 1. The molecule has 1 amide bonds. The zero-order valence-electron chi connectivity index (χ0n) is 7.48. The molecule has 1 aromatic rings. The average molecular weight is 198 g/mol. The van der Waals surface area contributed by atoms with Gasteiger partial charge in [0, 0.05) is 18.1 Å². The predicted molar refractivity (Wildman–Crippen MR) is 48.7 cm³/mol. The predicted octanol–water partition coefficient (Wildman–Crippen LogP) is 1.57. The van der Waals surface area contributed by atoms with E-state index in [0.29, 0.717) is 6.54 Å². The molecule has 1 aliphatic heterocycles. The van der Waals surface area contributed by atoms with Crippen LogP contribution in [0.2, 0.25) is 0 Å². The van der Waals surface area contributed by atoms with Gasteiger partial charge in [-0.25, -0.2) is 9.78 Å². The number of amides is 1. The zero-order chi connectivity index (χ0) is 9.42. The third kappa shape index (κ3) is 1.51. The molecule has 1 aliphatic rings. The van der Waals surface area contributed by atoms with Crippen LogP contribution >= 0.6 is 11.3 Å². The highest BCUT2D eigenvalue weighted by atomic mass is 32.1. The molecule has 2 heterocycles. The lowest BCUT2D eigenvalue weighted by Gasteiger charge is -2.02. The van der Waals surface area contributed by atoms with Crippen molar-refractivity contribution in [2.45, 2.75) is 13.0 Å². The highest BCUT2D eigenvalue weighted by Crippen LogP contribution is 2.27. The molecule has 0 radical (unpaired) electrons. The van der Waals surface area contributed by atoms with Crippen LogP contribution in [0.15, 0.2) is 5.38 Å². The van der Waals surface area contributed by atoms with E-state index >= 15 is 0 Å². The van der Waals surface area contributed by atoms with Crippen molar-refractivity contribution in [3.63, 3.8) is 0 Å². The second kappa shape index (κ2) is 2.99. The van der Waals surface area contributed by atoms with Crippen molar-refractivity contribution in [2.24, 2.45) is 0 Å². The van der Waals surface area contributed by atoms with Crippen molar-refractivity contribution < 1.29 is 9.53 Å². The Kier molecular flexibility index (Phi) is 1.95. The minimum Gasteiger partial charge on any atom is -0.437 e. The summed E-state index contributed by atoms with van der Waals surface area (Å²) >= 11 is 1.54. The Bertz CT molecular complexity index is 337. The van der Waals surface area contributed by atoms with E-state index in [2.05, 4.69) is 4.98 Å². The van der Waals surface area contributed by atoms with Crippen LogP contribution in [0.4, 0.5) is 4.79 Å². The molecule has 1 atom stereocenters. The van der Waals surface area contributed by atoms with E-state index in [9.17, 15) is 4.79 Å². The van der Waals surface area contributed by atoms with Crippen molar-refractivity contribution >= 4 is 17.4 Å². The van der Waals surface area contributed by atoms with Crippen molar-refractivity contribution in [3.05, 3.63) is 16.1 Å². The Morgan fingerprint density at radius 3 is 3.00 bits per heavy atom. The quantitative estimate of drug-likeness (QED) is 0.688. The molecule has 0 N–H and O–H groups in total. The first-order valence-electron chi connectivity index (χ1n) is 4.00. The van der Waals surface area contributed by atoms with Crippen molar-refractivity contribution in [1.82, 2.24) is 9.88 Å². The average Bonchev–Trinajstić information content (AvgIpc) is 2.61. The molecule has 2 rings (SSSR count). The molecule has 1 saturated heterocycles. The number of aryl methyl sites for hydroxylation is 1. The van der Waals surface area contributed by atoms with E-state index in [1.807, 2.05) is 12.3 Å². The first-order chi connectivity index (χ1) is 6.16. The molecule has 1 aromatic heterocycles. The van der Waals surface area contributed by atoms with Gasteiger partial charge < -0.3 is 9.64 Å². The summed E-state index contributed by atoms with van der Waals surface area (Å²) < 4.78 is 5.11. The molecule has 0 aliphatic carbocycles. The van der Waals surface area contributed by atoms with Gasteiger partial charge in [-0.1, -0.05) is 0 Å². The Morgan fingerprint density at radius 1 is 1.77 bits per heavy atom. The van der Waals surface area contributed by atoms with Crippen LogP contribution in [0, 0.1) is 6.92 Å². The maximum atomic E-state index is 11.0. The lowest BCUT2D eigenvalue weighted by molar-refractivity contribution is 0.134. The van der Waals surface area contributed by atoms with Gasteiger partial charge >= 0.3 is 6.09 Å². The highest BCUT2D eigenvalue weighted by Gasteiger charge is 2.31. The summed E-state index contributed by atoms with van der Waals surface area (Å²) in [4.78, 5) is 16.9. The fraction of sp³-hybridized carbons (Fsp3) is 0.500. The minimum atomic E-state index is -0.266. The first-order valence-corrected chi connectivity index (χ1v) is 4.88. The van der Waals surface area contributed by atoms with Crippen LogP contribution in [0.1, 0.15) is 16.8 Å². The van der Waals surface area contributed by atoms with Gasteiger partial charge in [-0.05, 0) is 6.92 Å². The van der Waals surface area contributed by atoms with E-state index in [4.69, 9.17) is 4.74 Å². The van der Waals surface area contributed by atoms with Crippen LogP contribution in [-0.4, -0.2) is 29.6 Å². The molecule has 0 spiro atoms. The number of cyclic esters (lactones) is 1. The standard InChI is InChI=1S/C8H10N2O2S/c1-5-4-13-7(9-5)6-3-10(2)8(11)12-6/h4,6H,3H2,1-2H3. The van der Waals surface area contributed by atoms with Gasteiger partial charge in [-0.2, -0.15) is 0 Å². The van der Waals surface area contributed by atoms with Crippen LogP contribution < -0.4 is 0 Å². The van der Waals surface area contributed by atoms with Crippen molar-refractivity contribution in [2.75, 3.05) is 13.6 Å². The third-order valence-electron chi connectivity index (χ3n) is 1.91. The molecule has 13 heavy (non-hydrogen) atoms. The summed E-state index contributed by atoms with van der Waals surface area (Å²) in [5, 5.41) is 2.84. The molecule has 0 bridgehead atoms. The number of thiazole rings is 1. The van der Waals surface area contributed by atoms with Crippen molar-refractivity contribution in [3.8, 4) is 0 Å². The van der Waals surface area contributed by atoms with Crippen LogP contribution in [-0.2, 0) is 4.74 Å². The van der Waals surface area contributed by atoms with Gasteiger partial charge in [0.2, 0.25) is 0 Å². The topological polar surface area (TPSA) is 42.4 Å². The largest absolute Gasteiger partial charge is 0.437 e. The number of likely N-dealkylation sites (N-methyl/N-ethyl adjacent to an activating group) is 1. The van der Waals surface area contributed by atoms with Crippen LogP contribution in [0.5, 0.6) is 0 Å². The SMILES string of the molecule is Cc1csc(C2CN(C)C(=O)O2)n1. The second-order valence-corrected chi connectivity index (χ2v) is 3.97. The van der Waals surface area contributed by atoms with E-state index in [0.717, 1.165) is 10.7 Å². The molecule has 4 nitrogen and oxygen atoms in total. The molecule has 0 aromatic carbocycles. The Hall–Kier alpha value is -1.10. The van der Waals surface area contributed by atoms with E-state index < -0.39 is 0 Å². The first kappa shape index (κ1) is 8.50. The fourth-order valence-corrected chi connectivity index (χ4v) is 2.04. The molecule has 0 saturated carbocycles. The molecular formula is C8H10N2O2S. The number of ether oxygens (including phenoxy) is 1. The van der Waals surface area contributed by atoms with E-state index in [1.165, 1.54) is 11.3 Å². The number of rotatable bonds is 1. The van der Waals surface area contributed by atoms with Gasteiger partial charge in [0.05, 0.1) is 6.54 Å². The highest BCUT2D eigenvalue weighted by molar-refractivity contribution is 7.09. The molecule has 70 valence electrons. The molecular weight excluding hydrogens is 188 g/mol. The van der Waals surface area contributed by atoms with E-state index in [1.54, 1.807) is 11.9 Å². The van der Waals surface area contributed by atoms with Gasteiger partial charge in [0.15, 0.2) is 6.10 Å². The van der Waals surface area contributed by atoms with Gasteiger partial charge in [0.1, 0.15) is 5.01 Å². The second-order valence-electron chi connectivity index (χ2n) is 3.08. The van der Waals surface area contributed by atoms with Crippen LogP contribution in [0.3, 0.4) is 0 Å². The van der Waals surface area contributed by atoms with E-state index in [-0.39, 0.29) is 12.2 Å². The van der Waals surface area contributed by atoms with Gasteiger partial charge in [0.25, 0.3) is 0 Å². The Balaban J connectivity index is 2.16. The summed E-state index contributed by atoms with van der Waals surface area (Å²) in [6.07, 6.45) is -0.436. The van der Waals surface area contributed by atoms with Crippen LogP contribution in [0.25, 0.3) is 0 Å².